The van der Waals surface area contributed by atoms with Crippen LogP contribution < -0.4 is 0 Å². The number of rotatable bonds is 4. The number of nitrogens with zero attached hydrogens (tertiary/aromatic N) is 1. The lowest BCUT2D eigenvalue weighted by molar-refractivity contribution is -0.129. The minimum Gasteiger partial charge on any atom is -0.337 e. The molecule has 4 nitrogen and oxygen atoms in total. The molecule has 1 heterocycles. The third-order valence-corrected chi connectivity index (χ3v) is 4.80. The standard InChI is InChI=1S/C15H19NO3S/c1-2-3-10-20(18,19)12-15(17)16-9-8-13-6-4-5-7-14(13)11-16/h2-7H,8-12H2,1H3/b3-2-. The topological polar surface area (TPSA) is 54.5 Å². The van der Waals surface area contributed by atoms with Crippen LogP contribution in [0.1, 0.15) is 18.1 Å². The molecule has 0 aliphatic carbocycles. The third-order valence-electron chi connectivity index (χ3n) is 3.41. The summed E-state index contributed by atoms with van der Waals surface area (Å²) in [5.41, 5.74) is 2.35. The van der Waals surface area contributed by atoms with Gasteiger partial charge in [0.1, 0.15) is 5.75 Å². The van der Waals surface area contributed by atoms with E-state index >= 15 is 0 Å². The fourth-order valence-corrected chi connectivity index (χ4v) is 3.45. The number of benzene rings is 1. The molecule has 20 heavy (non-hydrogen) atoms. The summed E-state index contributed by atoms with van der Waals surface area (Å²) in [5, 5.41) is 0. The van der Waals surface area contributed by atoms with Gasteiger partial charge in [-0.15, -0.1) is 0 Å². The molecule has 0 N–H and O–H groups in total. The second-order valence-corrected chi connectivity index (χ2v) is 7.07. The summed E-state index contributed by atoms with van der Waals surface area (Å²) in [6, 6.07) is 7.97. The normalized spacial score (nSPS) is 15.3. The van der Waals surface area contributed by atoms with Crippen LogP contribution in [0.3, 0.4) is 0 Å². The Kier molecular flexibility index (Phi) is 4.60. The van der Waals surface area contributed by atoms with Crippen LogP contribution in [-0.4, -0.2) is 37.3 Å². The molecule has 0 unspecified atom stereocenters. The molecule has 108 valence electrons. The van der Waals surface area contributed by atoms with Gasteiger partial charge in [0.25, 0.3) is 0 Å². The number of sulfone groups is 1. The highest BCUT2D eigenvalue weighted by Crippen LogP contribution is 2.18. The Morgan fingerprint density at radius 2 is 2.00 bits per heavy atom. The van der Waals surface area contributed by atoms with Gasteiger partial charge in [0.2, 0.25) is 5.91 Å². The summed E-state index contributed by atoms with van der Waals surface area (Å²) in [4.78, 5) is 13.7. The van der Waals surface area contributed by atoms with E-state index in [1.807, 2.05) is 18.2 Å². The molecule has 0 atom stereocenters. The molecule has 0 radical (unpaired) electrons. The van der Waals surface area contributed by atoms with Gasteiger partial charge in [-0.1, -0.05) is 36.4 Å². The monoisotopic (exact) mass is 293 g/mol. The lowest BCUT2D eigenvalue weighted by atomic mass is 10.00. The quantitative estimate of drug-likeness (QED) is 0.792. The van der Waals surface area contributed by atoms with E-state index in [1.165, 1.54) is 5.56 Å². The van der Waals surface area contributed by atoms with Crippen molar-refractivity contribution in [1.29, 1.82) is 0 Å². The summed E-state index contributed by atoms with van der Waals surface area (Å²) in [6.07, 6.45) is 4.03. The van der Waals surface area contributed by atoms with Gasteiger partial charge in [0, 0.05) is 13.1 Å². The number of carbonyl (C=O) groups excluding carboxylic acids is 1. The molecule has 1 amide bonds. The van der Waals surface area contributed by atoms with Crippen molar-refractivity contribution in [2.45, 2.75) is 19.9 Å². The van der Waals surface area contributed by atoms with E-state index < -0.39 is 15.6 Å². The van der Waals surface area contributed by atoms with Crippen molar-refractivity contribution in [3.05, 3.63) is 47.5 Å². The second-order valence-electron chi connectivity index (χ2n) is 4.96. The van der Waals surface area contributed by atoms with E-state index in [0.29, 0.717) is 13.1 Å². The fraction of sp³-hybridized carbons (Fsp3) is 0.400. The average molecular weight is 293 g/mol. The van der Waals surface area contributed by atoms with Gasteiger partial charge in [-0.05, 0) is 24.5 Å². The maximum absolute atomic E-state index is 12.1. The Morgan fingerprint density at radius 3 is 2.70 bits per heavy atom. The Balaban J connectivity index is 2.02. The van der Waals surface area contributed by atoms with Crippen LogP contribution in [0.25, 0.3) is 0 Å². The van der Waals surface area contributed by atoms with Crippen molar-refractivity contribution in [2.24, 2.45) is 0 Å². The molecule has 0 aromatic heterocycles. The van der Waals surface area contributed by atoms with Crippen molar-refractivity contribution in [3.8, 4) is 0 Å². The lowest BCUT2D eigenvalue weighted by Gasteiger charge is -2.28. The van der Waals surface area contributed by atoms with Crippen LogP contribution in [0, 0.1) is 0 Å². The molecule has 1 aliphatic rings. The summed E-state index contributed by atoms with van der Waals surface area (Å²) >= 11 is 0. The van der Waals surface area contributed by atoms with Crippen LogP contribution in [0.4, 0.5) is 0 Å². The van der Waals surface area contributed by atoms with E-state index in [2.05, 4.69) is 6.07 Å². The van der Waals surface area contributed by atoms with Crippen molar-refractivity contribution >= 4 is 15.7 Å². The highest BCUT2D eigenvalue weighted by molar-refractivity contribution is 7.92. The predicted molar refractivity (Wildman–Crippen MR) is 79.0 cm³/mol. The van der Waals surface area contributed by atoms with Gasteiger partial charge < -0.3 is 4.90 Å². The largest absolute Gasteiger partial charge is 0.337 e. The molecule has 2 rings (SSSR count). The van der Waals surface area contributed by atoms with Crippen molar-refractivity contribution < 1.29 is 13.2 Å². The summed E-state index contributed by atoms with van der Waals surface area (Å²) < 4.78 is 23.6. The number of fused-ring (bicyclic) bond motifs is 1. The first kappa shape index (κ1) is 14.8. The zero-order valence-electron chi connectivity index (χ0n) is 11.6. The maximum atomic E-state index is 12.1. The molecular formula is C15H19NO3S. The van der Waals surface area contributed by atoms with E-state index in [4.69, 9.17) is 0 Å². The minimum absolute atomic E-state index is 0.0698. The molecule has 0 saturated carbocycles. The van der Waals surface area contributed by atoms with Crippen LogP contribution in [0.5, 0.6) is 0 Å². The number of hydrogen-bond donors (Lipinski definition) is 0. The van der Waals surface area contributed by atoms with E-state index in [1.54, 1.807) is 24.0 Å². The van der Waals surface area contributed by atoms with Gasteiger partial charge in [-0.25, -0.2) is 8.42 Å². The van der Waals surface area contributed by atoms with Crippen molar-refractivity contribution in [3.63, 3.8) is 0 Å². The summed E-state index contributed by atoms with van der Waals surface area (Å²) in [7, 11) is -3.35. The molecular weight excluding hydrogens is 274 g/mol. The SMILES string of the molecule is C/C=C\CS(=O)(=O)CC(=O)N1CCc2ccccc2C1. The zero-order chi connectivity index (χ0) is 14.6. The van der Waals surface area contributed by atoms with Crippen LogP contribution in [-0.2, 0) is 27.6 Å². The first-order chi connectivity index (χ1) is 9.52. The van der Waals surface area contributed by atoms with E-state index in [-0.39, 0.29) is 11.7 Å². The van der Waals surface area contributed by atoms with Gasteiger partial charge in [0.05, 0.1) is 5.75 Å². The Bertz CT molecular complexity index is 620. The van der Waals surface area contributed by atoms with E-state index in [9.17, 15) is 13.2 Å². The molecule has 1 aliphatic heterocycles. The number of hydrogen-bond acceptors (Lipinski definition) is 3. The maximum Gasteiger partial charge on any atom is 0.238 e. The second kappa shape index (κ2) is 6.22. The van der Waals surface area contributed by atoms with Crippen molar-refractivity contribution in [1.82, 2.24) is 4.90 Å². The van der Waals surface area contributed by atoms with Gasteiger partial charge in [0.15, 0.2) is 9.84 Å². The van der Waals surface area contributed by atoms with Crippen LogP contribution in [0.15, 0.2) is 36.4 Å². The summed E-state index contributed by atoms with van der Waals surface area (Å²) in [6.45, 7) is 2.86. The first-order valence-electron chi connectivity index (χ1n) is 6.68. The van der Waals surface area contributed by atoms with E-state index in [0.717, 1.165) is 12.0 Å². The number of amides is 1. The Hall–Kier alpha value is -1.62. The molecule has 0 fully saturated rings. The van der Waals surface area contributed by atoms with Crippen molar-refractivity contribution in [2.75, 3.05) is 18.1 Å². The first-order valence-corrected chi connectivity index (χ1v) is 8.50. The number of allylic oxidation sites excluding steroid dienone is 1. The predicted octanol–water partition coefficient (Wildman–Crippen LogP) is 1.56. The molecule has 0 bridgehead atoms. The molecule has 0 saturated heterocycles. The van der Waals surface area contributed by atoms with Gasteiger partial charge in [-0.3, -0.25) is 4.79 Å². The lowest BCUT2D eigenvalue weighted by Crippen LogP contribution is -2.39. The zero-order valence-corrected chi connectivity index (χ0v) is 12.4. The Labute approximate surface area is 120 Å². The molecule has 1 aromatic rings. The molecule has 5 heteroatoms. The highest BCUT2D eigenvalue weighted by atomic mass is 32.2. The van der Waals surface area contributed by atoms with Gasteiger partial charge in [-0.2, -0.15) is 0 Å². The van der Waals surface area contributed by atoms with Crippen LogP contribution >= 0.6 is 0 Å². The number of carbonyl (C=O) groups is 1. The van der Waals surface area contributed by atoms with Crippen LogP contribution in [0.2, 0.25) is 0 Å². The smallest absolute Gasteiger partial charge is 0.238 e. The third kappa shape index (κ3) is 3.70. The minimum atomic E-state index is -3.35. The summed E-state index contributed by atoms with van der Waals surface area (Å²) in [5.74, 6) is -0.775. The Morgan fingerprint density at radius 1 is 1.30 bits per heavy atom. The molecule has 1 aromatic carbocycles. The molecule has 0 spiro atoms. The fourth-order valence-electron chi connectivity index (χ4n) is 2.29. The highest BCUT2D eigenvalue weighted by Gasteiger charge is 2.24. The average Bonchev–Trinajstić information content (AvgIpc) is 2.44. The van der Waals surface area contributed by atoms with Gasteiger partial charge >= 0.3 is 0 Å².